The molecule has 1 heterocycles. The minimum Gasteiger partial charge on any atom is -0.333 e. The summed E-state index contributed by atoms with van der Waals surface area (Å²) in [6.07, 6.45) is 7.92. The molecule has 0 bridgehead atoms. The van der Waals surface area contributed by atoms with E-state index in [2.05, 4.69) is 9.55 Å². The Morgan fingerprint density at radius 2 is 2.46 bits per heavy atom. The molecule has 0 saturated heterocycles. The molecule has 3 nitrogen and oxygen atoms in total. The van der Waals surface area contributed by atoms with Crippen molar-refractivity contribution in [2.45, 2.75) is 38.8 Å². The first-order valence-corrected chi connectivity index (χ1v) is 5.03. The molecule has 2 N–H and O–H groups in total. The van der Waals surface area contributed by atoms with Crippen LogP contribution in [0.25, 0.3) is 0 Å². The molecule has 0 radical (unpaired) electrons. The smallest absolute Gasteiger partial charge is 0.0948 e. The van der Waals surface area contributed by atoms with Gasteiger partial charge in [0.05, 0.1) is 12.0 Å². The van der Waals surface area contributed by atoms with Gasteiger partial charge in [-0.3, -0.25) is 0 Å². The fourth-order valence-electron chi connectivity index (χ4n) is 1.82. The zero-order chi connectivity index (χ0) is 9.26. The average molecular weight is 179 g/mol. The summed E-state index contributed by atoms with van der Waals surface area (Å²) in [7, 11) is 0. The van der Waals surface area contributed by atoms with Crippen LogP contribution in [0.15, 0.2) is 12.5 Å². The van der Waals surface area contributed by atoms with E-state index in [1.165, 1.54) is 19.3 Å². The maximum Gasteiger partial charge on any atom is 0.0948 e. The number of nitrogens with two attached hydrogens (primary N) is 1. The monoisotopic (exact) mass is 179 g/mol. The Balaban J connectivity index is 2.05. The molecular weight excluding hydrogens is 162 g/mol. The quantitative estimate of drug-likeness (QED) is 0.767. The summed E-state index contributed by atoms with van der Waals surface area (Å²) >= 11 is 0. The van der Waals surface area contributed by atoms with Crippen molar-refractivity contribution in [2.75, 3.05) is 0 Å². The molecule has 1 saturated carbocycles. The second kappa shape index (κ2) is 3.50. The first-order valence-electron chi connectivity index (χ1n) is 5.03. The van der Waals surface area contributed by atoms with Crippen molar-refractivity contribution in [3.63, 3.8) is 0 Å². The topological polar surface area (TPSA) is 43.8 Å². The van der Waals surface area contributed by atoms with Crippen LogP contribution in [-0.2, 0) is 6.54 Å². The number of hydrogen-bond acceptors (Lipinski definition) is 2. The van der Waals surface area contributed by atoms with Crippen molar-refractivity contribution < 1.29 is 0 Å². The van der Waals surface area contributed by atoms with Gasteiger partial charge in [0.15, 0.2) is 0 Å². The molecule has 0 aromatic carbocycles. The average Bonchev–Trinajstić information content (AvgIpc) is 2.44. The Bertz CT molecular complexity index is 273. The lowest BCUT2D eigenvalue weighted by Crippen LogP contribution is -2.20. The summed E-state index contributed by atoms with van der Waals surface area (Å²) in [6.45, 7) is 3.12. The Labute approximate surface area is 79.0 Å². The van der Waals surface area contributed by atoms with E-state index in [0.717, 1.165) is 18.2 Å². The third-order valence-corrected chi connectivity index (χ3v) is 2.89. The minimum atomic E-state index is 0.0996. The largest absolute Gasteiger partial charge is 0.333 e. The number of imidazole rings is 1. The Morgan fingerprint density at radius 3 is 3.00 bits per heavy atom. The molecule has 0 unspecified atom stereocenters. The first kappa shape index (κ1) is 8.75. The molecule has 2 rings (SSSR count). The van der Waals surface area contributed by atoms with Crippen LogP contribution in [0.3, 0.4) is 0 Å². The lowest BCUT2D eigenvalue weighted by molar-refractivity contribution is 0.273. The molecule has 3 heteroatoms. The second-order valence-electron chi connectivity index (χ2n) is 4.06. The first-order chi connectivity index (χ1) is 6.27. The fourth-order valence-corrected chi connectivity index (χ4v) is 1.82. The highest BCUT2D eigenvalue weighted by atomic mass is 15.1. The SMILES string of the molecule is C[C@H](N)c1cncn1CC1CCC1. The number of rotatable bonds is 3. The molecule has 1 aromatic rings. The lowest BCUT2D eigenvalue weighted by atomic mass is 9.85. The van der Waals surface area contributed by atoms with Crippen LogP contribution < -0.4 is 5.73 Å². The summed E-state index contributed by atoms with van der Waals surface area (Å²) in [6, 6.07) is 0.0996. The molecule has 0 spiro atoms. The highest BCUT2D eigenvalue weighted by Gasteiger charge is 2.19. The highest BCUT2D eigenvalue weighted by Crippen LogP contribution is 2.28. The van der Waals surface area contributed by atoms with Crippen molar-refractivity contribution in [3.05, 3.63) is 18.2 Å². The van der Waals surface area contributed by atoms with Gasteiger partial charge in [0.1, 0.15) is 0 Å². The summed E-state index contributed by atoms with van der Waals surface area (Å²) in [5, 5.41) is 0. The van der Waals surface area contributed by atoms with Crippen LogP contribution in [-0.4, -0.2) is 9.55 Å². The molecule has 72 valence electrons. The molecule has 0 aliphatic heterocycles. The molecule has 13 heavy (non-hydrogen) atoms. The zero-order valence-corrected chi connectivity index (χ0v) is 8.11. The van der Waals surface area contributed by atoms with Gasteiger partial charge in [0.2, 0.25) is 0 Å². The fraction of sp³-hybridized carbons (Fsp3) is 0.700. The van der Waals surface area contributed by atoms with E-state index in [4.69, 9.17) is 5.73 Å². The van der Waals surface area contributed by atoms with E-state index in [9.17, 15) is 0 Å². The van der Waals surface area contributed by atoms with Gasteiger partial charge in [0, 0.05) is 18.8 Å². The molecule has 0 amide bonds. The predicted octanol–water partition coefficient (Wildman–Crippen LogP) is 1.70. The summed E-state index contributed by atoms with van der Waals surface area (Å²) < 4.78 is 2.20. The van der Waals surface area contributed by atoms with Crippen molar-refractivity contribution in [3.8, 4) is 0 Å². The van der Waals surface area contributed by atoms with Gasteiger partial charge < -0.3 is 10.3 Å². The molecule has 1 aliphatic carbocycles. The number of nitrogens with zero attached hydrogens (tertiary/aromatic N) is 2. The second-order valence-corrected chi connectivity index (χ2v) is 4.06. The molecule has 1 aliphatic rings. The Hall–Kier alpha value is -0.830. The minimum absolute atomic E-state index is 0.0996. The van der Waals surface area contributed by atoms with E-state index in [1.807, 2.05) is 19.4 Å². The Kier molecular flexibility index (Phi) is 2.36. The van der Waals surface area contributed by atoms with Crippen LogP contribution in [0.2, 0.25) is 0 Å². The molecule has 1 atom stereocenters. The zero-order valence-electron chi connectivity index (χ0n) is 8.11. The van der Waals surface area contributed by atoms with Crippen LogP contribution in [0.5, 0.6) is 0 Å². The predicted molar refractivity (Wildman–Crippen MR) is 52.2 cm³/mol. The van der Waals surface area contributed by atoms with Gasteiger partial charge in [0.25, 0.3) is 0 Å². The van der Waals surface area contributed by atoms with Crippen molar-refractivity contribution in [1.82, 2.24) is 9.55 Å². The van der Waals surface area contributed by atoms with E-state index in [-0.39, 0.29) is 6.04 Å². The number of hydrogen-bond donors (Lipinski definition) is 1. The van der Waals surface area contributed by atoms with Gasteiger partial charge in [-0.1, -0.05) is 6.42 Å². The standard InChI is InChI=1S/C10H17N3/c1-8(11)10-5-12-7-13(10)6-9-3-2-4-9/h5,7-9H,2-4,6,11H2,1H3/t8-/m0/s1. The van der Waals surface area contributed by atoms with Crippen molar-refractivity contribution in [1.29, 1.82) is 0 Å². The molecule has 1 fully saturated rings. The third-order valence-electron chi connectivity index (χ3n) is 2.89. The molecular formula is C10H17N3. The van der Waals surface area contributed by atoms with Crippen LogP contribution >= 0.6 is 0 Å². The van der Waals surface area contributed by atoms with E-state index >= 15 is 0 Å². The van der Waals surface area contributed by atoms with Gasteiger partial charge >= 0.3 is 0 Å². The Morgan fingerprint density at radius 1 is 1.69 bits per heavy atom. The summed E-state index contributed by atoms with van der Waals surface area (Å²) in [5.74, 6) is 0.867. The number of aromatic nitrogens is 2. The van der Waals surface area contributed by atoms with Crippen LogP contribution in [0.4, 0.5) is 0 Å². The maximum absolute atomic E-state index is 5.83. The van der Waals surface area contributed by atoms with E-state index < -0.39 is 0 Å². The van der Waals surface area contributed by atoms with Gasteiger partial charge in [-0.05, 0) is 25.7 Å². The summed E-state index contributed by atoms with van der Waals surface area (Å²) in [5.41, 5.74) is 6.99. The highest BCUT2D eigenvalue weighted by molar-refractivity contribution is 5.03. The van der Waals surface area contributed by atoms with E-state index in [0.29, 0.717) is 0 Å². The normalized spacial score (nSPS) is 19.8. The van der Waals surface area contributed by atoms with Crippen LogP contribution in [0.1, 0.15) is 37.9 Å². The van der Waals surface area contributed by atoms with Crippen LogP contribution in [0, 0.1) is 5.92 Å². The molecule has 1 aromatic heterocycles. The van der Waals surface area contributed by atoms with Crippen molar-refractivity contribution >= 4 is 0 Å². The lowest BCUT2D eigenvalue weighted by Gasteiger charge is -2.26. The van der Waals surface area contributed by atoms with Gasteiger partial charge in [-0.25, -0.2) is 4.98 Å². The maximum atomic E-state index is 5.83. The van der Waals surface area contributed by atoms with Gasteiger partial charge in [-0.15, -0.1) is 0 Å². The summed E-state index contributed by atoms with van der Waals surface area (Å²) in [4.78, 5) is 4.14. The third kappa shape index (κ3) is 1.75. The van der Waals surface area contributed by atoms with Gasteiger partial charge in [-0.2, -0.15) is 0 Å². The van der Waals surface area contributed by atoms with E-state index in [1.54, 1.807) is 0 Å². The van der Waals surface area contributed by atoms with Crippen molar-refractivity contribution in [2.24, 2.45) is 11.7 Å².